The highest BCUT2D eigenvalue weighted by atomic mass is 16.8. The van der Waals surface area contributed by atoms with Crippen molar-refractivity contribution in [2.75, 3.05) is 6.79 Å². The molecule has 0 radical (unpaired) electrons. The fraction of sp³-hybridized carbons (Fsp3) is 0.769. The van der Waals surface area contributed by atoms with E-state index in [1.807, 2.05) is 0 Å². The van der Waals surface area contributed by atoms with Gasteiger partial charge in [0.15, 0.2) is 0 Å². The van der Waals surface area contributed by atoms with E-state index in [1.54, 1.807) is 34.6 Å². The monoisotopic (exact) mass is 305 g/mol. The molecular weight excluding hydrogens is 282 g/mol. The van der Waals surface area contributed by atoms with E-state index in [-0.39, 0.29) is 6.10 Å². The Morgan fingerprint density at radius 2 is 1.62 bits per heavy atom. The SMILES string of the molecule is CC(C)OC(=O)OCOC(=O)[C@H](C)NC(=O)OC(C)(C)C. The van der Waals surface area contributed by atoms with Gasteiger partial charge in [0.05, 0.1) is 6.10 Å². The highest BCUT2D eigenvalue weighted by molar-refractivity contribution is 5.81. The summed E-state index contributed by atoms with van der Waals surface area (Å²) >= 11 is 0. The number of carbonyl (C=O) groups is 3. The van der Waals surface area contributed by atoms with Crippen molar-refractivity contribution in [1.82, 2.24) is 5.32 Å². The van der Waals surface area contributed by atoms with Gasteiger partial charge in [-0.1, -0.05) is 0 Å². The number of nitrogens with one attached hydrogen (secondary N) is 1. The molecule has 0 heterocycles. The average Bonchev–Trinajstić information content (AvgIpc) is 2.24. The third kappa shape index (κ3) is 10.5. The topological polar surface area (TPSA) is 100 Å². The minimum absolute atomic E-state index is 0.332. The summed E-state index contributed by atoms with van der Waals surface area (Å²) in [6.45, 7) is 9.22. The van der Waals surface area contributed by atoms with Gasteiger partial charge in [0.1, 0.15) is 11.6 Å². The summed E-state index contributed by atoms with van der Waals surface area (Å²) in [5.74, 6) is -0.766. The van der Waals surface area contributed by atoms with Crippen LogP contribution in [0.4, 0.5) is 9.59 Å². The van der Waals surface area contributed by atoms with Gasteiger partial charge < -0.3 is 24.3 Å². The lowest BCUT2D eigenvalue weighted by Crippen LogP contribution is -2.42. The van der Waals surface area contributed by atoms with E-state index < -0.39 is 36.7 Å². The van der Waals surface area contributed by atoms with Crippen molar-refractivity contribution >= 4 is 18.2 Å². The van der Waals surface area contributed by atoms with E-state index in [1.165, 1.54) is 6.92 Å². The minimum Gasteiger partial charge on any atom is -0.444 e. The van der Waals surface area contributed by atoms with Crippen molar-refractivity contribution in [1.29, 1.82) is 0 Å². The number of amides is 1. The fourth-order valence-corrected chi connectivity index (χ4v) is 1.03. The zero-order valence-electron chi connectivity index (χ0n) is 13.2. The van der Waals surface area contributed by atoms with Crippen LogP contribution in [-0.4, -0.2) is 42.8 Å². The Hall–Kier alpha value is -1.99. The van der Waals surface area contributed by atoms with Crippen LogP contribution in [0.15, 0.2) is 0 Å². The quantitative estimate of drug-likeness (QED) is 0.470. The van der Waals surface area contributed by atoms with E-state index in [0.717, 1.165) is 0 Å². The Balaban J connectivity index is 4.01. The Morgan fingerprint density at radius 1 is 1.05 bits per heavy atom. The summed E-state index contributed by atoms with van der Waals surface area (Å²) in [6.07, 6.45) is -2.02. The standard InChI is InChI=1S/C13H23NO7/c1-8(2)20-12(17)19-7-18-10(15)9(3)14-11(16)21-13(4,5)6/h8-9H,7H2,1-6H3,(H,14,16)/t9-/m0/s1. The van der Waals surface area contributed by atoms with Gasteiger partial charge in [-0.15, -0.1) is 0 Å². The molecule has 0 saturated carbocycles. The molecule has 0 aliphatic heterocycles. The molecule has 122 valence electrons. The first kappa shape index (κ1) is 19.0. The van der Waals surface area contributed by atoms with E-state index >= 15 is 0 Å². The maximum Gasteiger partial charge on any atom is 0.511 e. The van der Waals surface area contributed by atoms with Crippen molar-refractivity contribution in [2.45, 2.75) is 59.3 Å². The lowest BCUT2D eigenvalue weighted by molar-refractivity contribution is -0.155. The molecule has 1 N–H and O–H groups in total. The van der Waals surface area contributed by atoms with E-state index in [0.29, 0.717) is 0 Å². The van der Waals surface area contributed by atoms with Crippen LogP contribution in [-0.2, 0) is 23.7 Å². The van der Waals surface area contributed by atoms with Crippen molar-refractivity contribution in [2.24, 2.45) is 0 Å². The number of rotatable bonds is 5. The van der Waals surface area contributed by atoms with Gasteiger partial charge in [-0.05, 0) is 41.5 Å². The number of hydrogen-bond acceptors (Lipinski definition) is 7. The third-order valence-electron chi connectivity index (χ3n) is 1.80. The highest BCUT2D eigenvalue weighted by Gasteiger charge is 2.22. The molecule has 0 spiro atoms. The van der Waals surface area contributed by atoms with Gasteiger partial charge in [-0.25, -0.2) is 14.4 Å². The van der Waals surface area contributed by atoms with Crippen molar-refractivity contribution < 1.29 is 33.3 Å². The maximum atomic E-state index is 11.5. The zero-order valence-corrected chi connectivity index (χ0v) is 13.2. The molecule has 8 nitrogen and oxygen atoms in total. The summed E-state index contributed by atoms with van der Waals surface area (Å²) in [5, 5.41) is 2.30. The molecule has 0 aliphatic carbocycles. The predicted molar refractivity (Wildman–Crippen MR) is 72.5 cm³/mol. The molecule has 0 unspecified atom stereocenters. The van der Waals surface area contributed by atoms with Crippen LogP contribution < -0.4 is 5.32 Å². The smallest absolute Gasteiger partial charge is 0.444 e. The summed E-state index contributed by atoms with van der Waals surface area (Å²) in [4.78, 5) is 34.0. The van der Waals surface area contributed by atoms with Crippen molar-refractivity contribution in [3.63, 3.8) is 0 Å². The predicted octanol–water partition coefficient (Wildman–Crippen LogP) is 1.96. The van der Waals surface area contributed by atoms with Crippen molar-refractivity contribution in [3.8, 4) is 0 Å². The number of ether oxygens (including phenoxy) is 4. The number of hydrogen-bond donors (Lipinski definition) is 1. The van der Waals surface area contributed by atoms with Crippen LogP contribution in [0.2, 0.25) is 0 Å². The molecule has 0 aromatic heterocycles. The first-order valence-electron chi connectivity index (χ1n) is 6.51. The molecule has 0 fully saturated rings. The third-order valence-corrected chi connectivity index (χ3v) is 1.80. The van der Waals surface area contributed by atoms with Crippen LogP contribution in [0.3, 0.4) is 0 Å². The number of alkyl carbamates (subject to hydrolysis) is 1. The molecule has 0 aromatic rings. The molecule has 0 aliphatic rings. The van der Waals surface area contributed by atoms with Crippen LogP contribution in [0.1, 0.15) is 41.5 Å². The van der Waals surface area contributed by atoms with Crippen LogP contribution in [0.5, 0.6) is 0 Å². The number of carbonyl (C=O) groups excluding carboxylic acids is 3. The van der Waals surface area contributed by atoms with Crippen LogP contribution in [0, 0.1) is 0 Å². The lowest BCUT2D eigenvalue weighted by atomic mass is 10.2. The Kier molecular flexibility index (Phi) is 7.54. The molecule has 0 bridgehead atoms. The van der Waals surface area contributed by atoms with Gasteiger partial charge in [0.2, 0.25) is 6.79 Å². The largest absolute Gasteiger partial charge is 0.511 e. The summed E-state index contributed by atoms with van der Waals surface area (Å²) < 4.78 is 18.8. The first-order valence-corrected chi connectivity index (χ1v) is 6.51. The number of esters is 1. The molecule has 0 rings (SSSR count). The fourth-order valence-electron chi connectivity index (χ4n) is 1.03. The minimum atomic E-state index is -0.940. The zero-order chi connectivity index (χ0) is 16.6. The summed E-state index contributed by atoms with van der Waals surface area (Å²) in [7, 11) is 0. The molecular formula is C13H23NO7. The Bertz CT molecular complexity index is 373. The van der Waals surface area contributed by atoms with Gasteiger partial charge in [-0.2, -0.15) is 0 Å². The van der Waals surface area contributed by atoms with Gasteiger partial charge in [0, 0.05) is 0 Å². The molecule has 0 saturated heterocycles. The van der Waals surface area contributed by atoms with E-state index in [2.05, 4.69) is 19.5 Å². The molecule has 8 heteroatoms. The van der Waals surface area contributed by atoms with Gasteiger partial charge in [-0.3, -0.25) is 0 Å². The normalized spacial score (nSPS) is 12.3. The van der Waals surface area contributed by atoms with Crippen molar-refractivity contribution in [3.05, 3.63) is 0 Å². The highest BCUT2D eigenvalue weighted by Crippen LogP contribution is 2.06. The van der Waals surface area contributed by atoms with Gasteiger partial charge in [0.25, 0.3) is 0 Å². The Morgan fingerprint density at radius 3 is 2.10 bits per heavy atom. The second-order valence-corrected chi connectivity index (χ2v) is 5.51. The molecule has 1 amide bonds. The molecule has 1 atom stereocenters. The maximum absolute atomic E-state index is 11.5. The second kappa shape index (κ2) is 8.33. The molecule has 0 aromatic carbocycles. The Labute approximate surface area is 124 Å². The molecule has 21 heavy (non-hydrogen) atoms. The summed E-state index contributed by atoms with van der Waals surface area (Å²) in [6, 6.07) is -0.940. The lowest BCUT2D eigenvalue weighted by Gasteiger charge is -2.21. The second-order valence-electron chi connectivity index (χ2n) is 5.51. The average molecular weight is 305 g/mol. The summed E-state index contributed by atoms with van der Waals surface area (Å²) in [5.41, 5.74) is -0.669. The van der Waals surface area contributed by atoms with Crippen LogP contribution >= 0.6 is 0 Å². The van der Waals surface area contributed by atoms with Gasteiger partial charge >= 0.3 is 18.2 Å². The van der Waals surface area contributed by atoms with Crippen LogP contribution in [0.25, 0.3) is 0 Å². The van der Waals surface area contributed by atoms with E-state index in [4.69, 9.17) is 4.74 Å². The first-order chi connectivity index (χ1) is 9.51. The van der Waals surface area contributed by atoms with E-state index in [9.17, 15) is 14.4 Å².